The van der Waals surface area contributed by atoms with Gasteiger partial charge >= 0.3 is 12.3 Å². The number of halogens is 3. The Hall–Kier alpha value is -1.02. The van der Waals surface area contributed by atoms with E-state index < -0.39 is 36.1 Å². The van der Waals surface area contributed by atoms with Crippen LogP contribution in [0.4, 0.5) is 18.0 Å². The van der Waals surface area contributed by atoms with Crippen LogP contribution in [0.3, 0.4) is 0 Å². The molecule has 0 saturated carbocycles. The number of rotatable bonds is 2. The third-order valence-corrected chi connectivity index (χ3v) is 3.24. The van der Waals surface area contributed by atoms with E-state index >= 15 is 0 Å². The van der Waals surface area contributed by atoms with Gasteiger partial charge in [0.05, 0.1) is 12.6 Å². The van der Waals surface area contributed by atoms with Crippen molar-refractivity contribution in [2.24, 2.45) is 5.73 Å². The molecular formula is C12H21F3N2O3. The monoisotopic (exact) mass is 298 g/mol. The van der Waals surface area contributed by atoms with Gasteiger partial charge in [-0.2, -0.15) is 13.2 Å². The highest BCUT2D eigenvalue weighted by Gasteiger charge is 2.62. The average Bonchev–Trinajstić information content (AvgIpc) is 2.66. The summed E-state index contributed by atoms with van der Waals surface area (Å²) in [6.07, 6.45) is -5.77. The third kappa shape index (κ3) is 3.35. The van der Waals surface area contributed by atoms with Crippen LogP contribution in [0.1, 0.15) is 27.2 Å². The van der Waals surface area contributed by atoms with Crippen molar-refractivity contribution in [1.82, 2.24) is 4.90 Å². The van der Waals surface area contributed by atoms with Gasteiger partial charge in [-0.1, -0.05) is 0 Å². The summed E-state index contributed by atoms with van der Waals surface area (Å²) in [5.74, 6) is 0. The Morgan fingerprint density at radius 3 is 2.30 bits per heavy atom. The number of hydrogen-bond acceptors (Lipinski definition) is 4. The minimum absolute atomic E-state index is 0.0829. The zero-order valence-electron chi connectivity index (χ0n) is 12.1. The van der Waals surface area contributed by atoms with Gasteiger partial charge < -0.3 is 20.1 Å². The van der Waals surface area contributed by atoms with Gasteiger partial charge in [-0.25, -0.2) is 4.79 Å². The highest BCUT2D eigenvalue weighted by Crippen LogP contribution is 2.43. The number of hydrogen-bond donors (Lipinski definition) is 1. The lowest BCUT2D eigenvalue weighted by Crippen LogP contribution is -2.50. The SMILES string of the molecule is CO[C@@]1(C(F)(F)F)C[C@@H](CN)N(C(=O)OC(C)(C)C)C1. The molecule has 1 amide bonds. The molecule has 0 aliphatic carbocycles. The van der Waals surface area contributed by atoms with Gasteiger partial charge in [0.25, 0.3) is 0 Å². The van der Waals surface area contributed by atoms with Gasteiger partial charge in [0.1, 0.15) is 5.60 Å². The first-order valence-corrected chi connectivity index (χ1v) is 6.27. The summed E-state index contributed by atoms with van der Waals surface area (Å²) in [6, 6.07) is -0.758. The first-order chi connectivity index (χ1) is 8.96. The minimum Gasteiger partial charge on any atom is -0.444 e. The summed E-state index contributed by atoms with van der Waals surface area (Å²) < 4.78 is 49.3. The van der Waals surface area contributed by atoms with Gasteiger partial charge in [0, 0.05) is 20.1 Å². The van der Waals surface area contributed by atoms with E-state index in [9.17, 15) is 18.0 Å². The van der Waals surface area contributed by atoms with Crippen molar-refractivity contribution in [2.45, 2.75) is 50.6 Å². The van der Waals surface area contributed by atoms with Gasteiger partial charge in [-0.05, 0) is 20.8 Å². The molecule has 118 valence electrons. The first-order valence-electron chi connectivity index (χ1n) is 6.27. The molecule has 1 rings (SSSR count). The first kappa shape index (κ1) is 17.0. The number of ether oxygens (including phenoxy) is 2. The van der Waals surface area contributed by atoms with Gasteiger partial charge in [-0.15, -0.1) is 0 Å². The van der Waals surface area contributed by atoms with Crippen LogP contribution in [-0.4, -0.2) is 54.6 Å². The molecule has 5 nitrogen and oxygen atoms in total. The molecule has 1 saturated heterocycles. The number of methoxy groups -OCH3 is 1. The number of likely N-dealkylation sites (tertiary alicyclic amines) is 1. The maximum atomic E-state index is 13.2. The zero-order chi connectivity index (χ0) is 15.8. The molecule has 1 aliphatic rings. The summed E-state index contributed by atoms with van der Waals surface area (Å²) in [7, 11) is 0.986. The van der Waals surface area contributed by atoms with E-state index in [2.05, 4.69) is 4.74 Å². The second-order valence-corrected chi connectivity index (χ2v) is 5.90. The topological polar surface area (TPSA) is 64.8 Å². The molecular weight excluding hydrogens is 277 g/mol. The van der Waals surface area contributed by atoms with Crippen LogP contribution in [0.2, 0.25) is 0 Å². The molecule has 8 heteroatoms. The second-order valence-electron chi connectivity index (χ2n) is 5.90. The smallest absolute Gasteiger partial charge is 0.419 e. The van der Waals surface area contributed by atoms with E-state index in [-0.39, 0.29) is 13.0 Å². The number of alkyl halides is 3. The van der Waals surface area contributed by atoms with E-state index in [4.69, 9.17) is 10.5 Å². The fourth-order valence-corrected chi connectivity index (χ4v) is 2.17. The fraction of sp³-hybridized carbons (Fsp3) is 0.917. The Kier molecular flexibility index (Phi) is 4.60. The molecule has 0 aromatic rings. The number of nitrogens with two attached hydrogens (primary N) is 1. The standard InChI is InChI=1S/C12H21F3N2O3/c1-10(2,3)20-9(18)17-7-11(19-4,12(13,14)15)5-8(17)6-16/h8H,5-7,16H2,1-4H3/t8-,11-/m0/s1. The Balaban J connectivity index is 2.96. The minimum atomic E-state index is -4.58. The molecule has 2 atom stereocenters. The Morgan fingerprint density at radius 1 is 1.40 bits per heavy atom. The number of carbonyl (C=O) groups is 1. The highest BCUT2D eigenvalue weighted by molar-refractivity contribution is 5.69. The predicted molar refractivity (Wildman–Crippen MR) is 66.2 cm³/mol. The lowest BCUT2D eigenvalue weighted by atomic mass is 9.99. The number of amides is 1. The van der Waals surface area contributed by atoms with E-state index in [1.54, 1.807) is 20.8 Å². The van der Waals surface area contributed by atoms with E-state index in [0.717, 1.165) is 12.0 Å². The molecule has 0 radical (unpaired) electrons. The van der Waals surface area contributed by atoms with Crippen LogP contribution in [0, 0.1) is 0 Å². The average molecular weight is 298 g/mol. The third-order valence-electron chi connectivity index (χ3n) is 3.24. The molecule has 20 heavy (non-hydrogen) atoms. The van der Waals surface area contributed by atoms with Gasteiger partial charge in [0.2, 0.25) is 0 Å². The molecule has 0 aromatic heterocycles. The summed E-state index contributed by atoms with van der Waals surface area (Å²) >= 11 is 0. The quantitative estimate of drug-likeness (QED) is 0.845. The Labute approximate surface area is 116 Å². The van der Waals surface area contributed by atoms with Crippen molar-refractivity contribution >= 4 is 6.09 Å². The Bertz CT molecular complexity index is 368. The van der Waals surface area contributed by atoms with E-state index in [0.29, 0.717) is 0 Å². The molecule has 0 bridgehead atoms. The molecule has 0 unspecified atom stereocenters. The molecule has 1 fully saturated rings. The molecule has 1 heterocycles. The molecule has 0 aromatic carbocycles. The van der Waals surface area contributed by atoms with E-state index in [1.807, 2.05) is 0 Å². The summed E-state index contributed by atoms with van der Waals surface area (Å²) in [4.78, 5) is 13.0. The lowest BCUT2D eigenvalue weighted by molar-refractivity contribution is -0.263. The zero-order valence-corrected chi connectivity index (χ0v) is 12.1. The van der Waals surface area contributed by atoms with E-state index in [1.165, 1.54) is 0 Å². The largest absolute Gasteiger partial charge is 0.444 e. The molecule has 2 N–H and O–H groups in total. The van der Waals surface area contributed by atoms with Crippen LogP contribution < -0.4 is 5.73 Å². The van der Waals surface area contributed by atoms with Crippen molar-refractivity contribution in [3.8, 4) is 0 Å². The normalized spacial score (nSPS) is 27.8. The summed E-state index contributed by atoms with van der Waals surface area (Å²) in [5.41, 5.74) is 2.31. The predicted octanol–water partition coefficient (Wildman–Crippen LogP) is 1.90. The van der Waals surface area contributed by atoms with Crippen LogP contribution in [0.15, 0.2) is 0 Å². The number of carbonyl (C=O) groups excluding carboxylic acids is 1. The van der Waals surface area contributed by atoms with Crippen LogP contribution in [0.25, 0.3) is 0 Å². The maximum absolute atomic E-state index is 13.2. The van der Waals surface area contributed by atoms with Gasteiger partial charge in [0.15, 0.2) is 5.60 Å². The summed E-state index contributed by atoms with van der Waals surface area (Å²) in [5, 5.41) is 0. The van der Waals surface area contributed by atoms with Crippen molar-refractivity contribution in [3.63, 3.8) is 0 Å². The molecule has 1 aliphatic heterocycles. The highest BCUT2D eigenvalue weighted by atomic mass is 19.4. The van der Waals surface area contributed by atoms with Crippen molar-refractivity contribution in [1.29, 1.82) is 0 Å². The van der Waals surface area contributed by atoms with Crippen LogP contribution in [-0.2, 0) is 9.47 Å². The fourth-order valence-electron chi connectivity index (χ4n) is 2.17. The van der Waals surface area contributed by atoms with Crippen LogP contribution in [0.5, 0.6) is 0 Å². The Morgan fingerprint density at radius 2 is 1.95 bits per heavy atom. The molecule has 0 spiro atoms. The number of nitrogens with zero attached hydrogens (tertiary/aromatic N) is 1. The van der Waals surface area contributed by atoms with Crippen molar-refractivity contribution < 1.29 is 27.4 Å². The van der Waals surface area contributed by atoms with Crippen LogP contribution >= 0.6 is 0 Å². The second kappa shape index (κ2) is 5.40. The summed E-state index contributed by atoms with van der Waals surface area (Å²) in [6.45, 7) is 4.24. The lowest BCUT2D eigenvalue weighted by Gasteiger charge is -2.30. The maximum Gasteiger partial charge on any atom is 0.419 e. The van der Waals surface area contributed by atoms with Crippen molar-refractivity contribution in [2.75, 3.05) is 20.2 Å². The van der Waals surface area contributed by atoms with Crippen molar-refractivity contribution in [3.05, 3.63) is 0 Å². The van der Waals surface area contributed by atoms with Gasteiger partial charge in [-0.3, -0.25) is 0 Å².